The first-order chi connectivity index (χ1) is 20.2. The molecule has 254 valence electrons. The van der Waals surface area contributed by atoms with E-state index in [9.17, 15) is 9.90 Å². The number of carboxylic acid groups (broad SMARTS) is 1. The maximum Gasteiger partial charge on any atom is 0.307 e. The van der Waals surface area contributed by atoms with E-state index in [0.717, 1.165) is 38.5 Å². The van der Waals surface area contributed by atoms with Gasteiger partial charge >= 0.3 is 5.97 Å². The van der Waals surface area contributed by atoms with E-state index >= 15 is 0 Å². The van der Waals surface area contributed by atoms with Gasteiger partial charge in [0.15, 0.2) is 0 Å². The molecule has 0 bridgehead atoms. The van der Waals surface area contributed by atoms with Crippen LogP contribution in [0.4, 0.5) is 0 Å². The number of carboxylic acids is 1. The zero-order valence-electron chi connectivity index (χ0n) is 30.5. The van der Waals surface area contributed by atoms with E-state index in [0.29, 0.717) is 42.8 Å². The summed E-state index contributed by atoms with van der Waals surface area (Å²) >= 11 is 0. The highest BCUT2D eigenvalue weighted by Crippen LogP contribution is 2.74. The van der Waals surface area contributed by atoms with Crippen molar-refractivity contribution in [1.29, 1.82) is 0 Å². The Bertz CT molecular complexity index is 1100. The van der Waals surface area contributed by atoms with Crippen molar-refractivity contribution in [2.24, 2.45) is 68.3 Å². The average molecular weight is 618 g/mol. The first-order valence-corrected chi connectivity index (χ1v) is 17.6. The molecule has 0 heterocycles. The minimum absolute atomic E-state index is 0.0741. The molecule has 0 unspecified atom stereocenters. The number of nitrogens with two attached hydrogens (primary N) is 1. The van der Waals surface area contributed by atoms with Crippen LogP contribution in [-0.4, -0.2) is 56.3 Å². The van der Waals surface area contributed by atoms with E-state index in [1.165, 1.54) is 5.57 Å². The molecule has 6 heteroatoms. The number of hydrogen-bond acceptors (Lipinski definition) is 5. The topological polar surface area (TPSA) is 91.0 Å². The molecule has 0 aromatic heterocycles. The number of hydrogen-bond donors (Lipinski definition) is 2. The Balaban J connectivity index is 1.80. The van der Waals surface area contributed by atoms with Gasteiger partial charge in [0, 0.05) is 25.2 Å². The highest BCUT2D eigenvalue weighted by Gasteiger charge is 2.70. The Morgan fingerprint density at radius 1 is 1.05 bits per heavy atom. The summed E-state index contributed by atoms with van der Waals surface area (Å²) in [7, 11) is 3.66. The fraction of sp³-hybridized carbons (Fsp3) is 0.921. The number of aliphatic carboxylic acids is 1. The van der Waals surface area contributed by atoms with Gasteiger partial charge in [-0.1, -0.05) is 80.9 Å². The molecule has 0 aromatic carbocycles. The Kier molecular flexibility index (Phi) is 9.74. The second-order valence-corrected chi connectivity index (χ2v) is 18.0. The van der Waals surface area contributed by atoms with Crippen molar-refractivity contribution < 1.29 is 24.1 Å². The molecule has 4 aliphatic carbocycles. The molecule has 4 aliphatic rings. The van der Waals surface area contributed by atoms with E-state index < -0.39 is 11.5 Å². The summed E-state index contributed by atoms with van der Waals surface area (Å²) in [4.78, 5) is 13.4. The SMILES string of the molecule is COC[C@]12C[C@@H](OC)[C@H](OC[C@](C)(N)C(C)C)C(C)(C)[C@@H]1CC[C@H]1C2=CC[C@@]2(C)[C@H](C(=O)O)[C@@](C)([C@H](C)C(C)C)CC[C@]12C. The molecule has 0 aliphatic heterocycles. The third-order valence-corrected chi connectivity index (χ3v) is 15.1. The lowest BCUT2D eigenvalue weighted by atomic mass is 9.34. The zero-order chi connectivity index (χ0) is 33.3. The number of allylic oxidation sites excluding steroid dienone is 1. The van der Waals surface area contributed by atoms with E-state index in [4.69, 9.17) is 19.9 Å². The Morgan fingerprint density at radius 3 is 2.20 bits per heavy atom. The van der Waals surface area contributed by atoms with Gasteiger partial charge in [0.1, 0.15) is 0 Å². The van der Waals surface area contributed by atoms with Crippen molar-refractivity contribution in [1.82, 2.24) is 0 Å². The van der Waals surface area contributed by atoms with E-state index in [1.54, 1.807) is 0 Å². The van der Waals surface area contributed by atoms with Crippen LogP contribution in [-0.2, 0) is 19.0 Å². The maximum atomic E-state index is 13.4. The van der Waals surface area contributed by atoms with E-state index in [2.05, 4.69) is 82.2 Å². The van der Waals surface area contributed by atoms with Crippen LogP contribution in [0.3, 0.4) is 0 Å². The van der Waals surface area contributed by atoms with Gasteiger partial charge in [-0.25, -0.2) is 0 Å². The number of fused-ring (bicyclic) bond motifs is 5. The second kappa shape index (κ2) is 11.9. The molecule has 0 saturated heterocycles. The molecule has 3 saturated carbocycles. The molecule has 11 atom stereocenters. The van der Waals surface area contributed by atoms with E-state index in [1.807, 2.05) is 14.2 Å². The summed E-state index contributed by atoms with van der Waals surface area (Å²) in [5.74, 6) is 0.748. The van der Waals surface area contributed by atoms with Crippen molar-refractivity contribution in [2.45, 2.75) is 132 Å². The fourth-order valence-corrected chi connectivity index (χ4v) is 11.3. The molecule has 4 rings (SSSR count). The smallest absolute Gasteiger partial charge is 0.307 e. The fourth-order valence-electron chi connectivity index (χ4n) is 11.3. The lowest BCUT2D eigenvalue weighted by molar-refractivity contribution is -0.224. The third-order valence-electron chi connectivity index (χ3n) is 15.1. The summed E-state index contributed by atoms with van der Waals surface area (Å²) in [6, 6.07) is 0. The van der Waals surface area contributed by atoms with Crippen LogP contribution in [0, 0.1) is 62.6 Å². The third kappa shape index (κ3) is 5.15. The minimum atomic E-state index is -0.614. The van der Waals surface area contributed by atoms with Crippen molar-refractivity contribution in [3.63, 3.8) is 0 Å². The average Bonchev–Trinajstić information content (AvgIpc) is 2.92. The summed E-state index contributed by atoms with van der Waals surface area (Å²) in [5, 5.41) is 11.0. The van der Waals surface area contributed by atoms with Crippen LogP contribution in [0.2, 0.25) is 0 Å². The van der Waals surface area contributed by atoms with Gasteiger partial charge in [0.2, 0.25) is 0 Å². The Hall–Kier alpha value is -0.950. The molecular weight excluding hydrogens is 550 g/mol. The van der Waals surface area contributed by atoms with Crippen LogP contribution in [0.25, 0.3) is 0 Å². The normalized spacial score (nSPS) is 43.8. The highest BCUT2D eigenvalue weighted by molar-refractivity contribution is 5.73. The van der Waals surface area contributed by atoms with Crippen molar-refractivity contribution >= 4 is 5.97 Å². The van der Waals surface area contributed by atoms with Gasteiger partial charge in [-0.2, -0.15) is 0 Å². The van der Waals surface area contributed by atoms with Crippen molar-refractivity contribution in [3.8, 4) is 0 Å². The summed E-state index contributed by atoms with van der Waals surface area (Å²) in [6.07, 6.45) is 8.14. The standard InChI is InChI=1S/C38H67NO5/c1-23(2)25(5)34(8)18-19-35(9)26-14-15-29-33(6,7)31(44-21-37(11,39)24(3)4)28(43-13)20-38(29,22-42-12)27(26)16-17-36(35,10)30(34)32(40)41/h16,23-26,28-31H,14-15,17-22,39H2,1-13H3,(H,40,41)/t25-,26+,28-,29+,30-,31+,34-,35-,36+,37+,38+/m1/s1. The Morgan fingerprint density at radius 2 is 1.68 bits per heavy atom. The van der Waals surface area contributed by atoms with Crippen LogP contribution >= 0.6 is 0 Å². The number of ether oxygens (including phenoxy) is 3. The molecule has 0 amide bonds. The van der Waals surface area contributed by atoms with Crippen LogP contribution in [0.1, 0.15) is 115 Å². The summed E-state index contributed by atoms with van der Waals surface area (Å²) in [5.41, 5.74) is 6.75. The number of carbonyl (C=O) groups is 1. The van der Waals surface area contributed by atoms with Gasteiger partial charge in [0.05, 0.1) is 31.3 Å². The zero-order valence-corrected chi connectivity index (χ0v) is 30.5. The monoisotopic (exact) mass is 618 g/mol. The van der Waals surface area contributed by atoms with Crippen molar-refractivity contribution in [3.05, 3.63) is 11.6 Å². The molecule has 3 N–H and O–H groups in total. The van der Waals surface area contributed by atoms with Crippen LogP contribution in [0.15, 0.2) is 11.6 Å². The number of rotatable bonds is 10. The lowest BCUT2D eigenvalue weighted by Gasteiger charge is -2.70. The first-order valence-electron chi connectivity index (χ1n) is 17.6. The highest BCUT2D eigenvalue weighted by atomic mass is 16.5. The molecule has 44 heavy (non-hydrogen) atoms. The predicted octanol–water partition coefficient (Wildman–Crippen LogP) is 7.98. The largest absolute Gasteiger partial charge is 0.481 e. The molecular formula is C38H67NO5. The number of methoxy groups -OCH3 is 2. The quantitative estimate of drug-likeness (QED) is 0.242. The summed E-state index contributed by atoms with van der Waals surface area (Å²) in [6.45, 7) is 26.1. The van der Waals surface area contributed by atoms with Crippen molar-refractivity contribution in [2.75, 3.05) is 27.4 Å². The molecule has 0 aromatic rings. The molecule has 6 nitrogen and oxygen atoms in total. The van der Waals surface area contributed by atoms with Crippen LogP contribution in [0.5, 0.6) is 0 Å². The molecule has 0 spiro atoms. The predicted molar refractivity (Wildman–Crippen MR) is 178 cm³/mol. The van der Waals surface area contributed by atoms with Gasteiger partial charge in [-0.3, -0.25) is 4.79 Å². The van der Waals surface area contributed by atoms with Gasteiger partial charge in [-0.05, 0) is 96.7 Å². The summed E-state index contributed by atoms with van der Waals surface area (Å²) < 4.78 is 19.3. The maximum absolute atomic E-state index is 13.4. The Labute approximate surface area is 269 Å². The van der Waals surface area contributed by atoms with Crippen LogP contribution < -0.4 is 5.73 Å². The molecule has 0 radical (unpaired) electrons. The van der Waals surface area contributed by atoms with Gasteiger partial charge in [0.25, 0.3) is 0 Å². The second-order valence-electron chi connectivity index (χ2n) is 18.0. The van der Waals surface area contributed by atoms with Gasteiger partial charge < -0.3 is 25.1 Å². The first kappa shape index (κ1) is 35.9. The van der Waals surface area contributed by atoms with E-state index in [-0.39, 0.29) is 45.2 Å². The molecule has 3 fully saturated rings. The minimum Gasteiger partial charge on any atom is -0.481 e. The van der Waals surface area contributed by atoms with Gasteiger partial charge in [-0.15, -0.1) is 0 Å². The lowest BCUT2D eigenvalue weighted by Crippen LogP contribution is -2.67.